The topological polar surface area (TPSA) is 75.5 Å². The Hall–Kier alpha value is -2.96. The van der Waals surface area contributed by atoms with E-state index in [4.69, 9.17) is 0 Å². The van der Waals surface area contributed by atoms with Crippen molar-refractivity contribution in [2.24, 2.45) is 0 Å². The summed E-state index contributed by atoms with van der Waals surface area (Å²) in [6.07, 6.45) is 3.20. The Balaban J connectivity index is 1.83. The lowest BCUT2D eigenvalue weighted by molar-refractivity contribution is -0.384. The van der Waals surface area contributed by atoms with E-state index >= 15 is 0 Å². The minimum atomic E-state index is -0.511. The first-order valence-corrected chi connectivity index (χ1v) is 8.60. The molecule has 0 unspecified atom stereocenters. The number of hydrogen-bond donors (Lipinski definition) is 1. The number of amides is 1. The fourth-order valence-electron chi connectivity index (χ4n) is 3.15. The van der Waals surface area contributed by atoms with Crippen molar-refractivity contribution in [2.45, 2.75) is 25.8 Å². The molecule has 1 saturated heterocycles. The summed E-state index contributed by atoms with van der Waals surface area (Å²) in [7, 11) is 0. The molecule has 1 amide bonds. The van der Waals surface area contributed by atoms with Crippen molar-refractivity contribution in [3.05, 3.63) is 69.5 Å². The first kappa shape index (κ1) is 17.8. The van der Waals surface area contributed by atoms with E-state index in [2.05, 4.69) is 10.2 Å². The number of benzene rings is 2. The van der Waals surface area contributed by atoms with Crippen molar-refractivity contribution in [3.63, 3.8) is 0 Å². The summed E-state index contributed by atoms with van der Waals surface area (Å²) >= 11 is 0. The molecule has 3 rings (SSSR count). The number of carbonyl (C=O) groups is 1. The Morgan fingerprint density at radius 2 is 1.92 bits per heavy atom. The molecule has 26 heavy (non-hydrogen) atoms. The number of carbonyl (C=O) groups excluding carboxylic acids is 1. The van der Waals surface area contributed by atoms with Crippen LogP contribution in [0, 0.1) is 15.9 Å². The fraction of sp³-hybridized carbons (Fsp3) is 0.316. The van der Waals surface area contributed by atoms with Crippen LogP contribution in [0.25, 0.3) is 0 Å². The Morgan fingerprint density at radius 3 is 2.62 bits per heavy atom. The van der Waals surface area contributed by atoms with Gasteiger partial charge >= 0.3 is 0 Å². The first-order valence-electron chi connectivity index (χ1n) is 8.60. The zero-order chi connectivity index (χ0) is 18.5. The number of piperidine rings is 1. The molecular formula is C19H20FN3O3. The normalized spacial score (nSPS) is 14.1. The summed E-state index contributed by atoms with van der Waals surface area (Å²) in [5.74, 6) is -0.778. The molecular weight excluding hydrogens is 337 g/mol. The van der Waals surface area contributed by atoms with E-state index in [9.17, 15) is 19.3 Å². The Bertz CT molecular complexity index is 819. The number of non-ortho nitro benzene ring substituents is 1. The van der Waals surface area contributed by atoms with Crippen molar-refractivity contribution < 1.29 is 14.1 Å². The van der Waals surface area contributed by atoms with Crippen LogP contribution in [0.2, 0.25) is 0 Å². The molecule has 1 heterocycles. The lowest BCUT2D eigenvalue weighted by atomic mass is 10.1. The highest BCUT2D eigenvalue weighted by atomic mass is 19.1. The molecule has 1 fully saturated rings. The minimum absolute atomic E-state index is 0.123. The molecule has 2 aromatic carbocycles. The van der Waals surface area contributed by atoms with Gasteiger partial charge in [0.2, 0.25) is 0 Å². The molecule has 0 radical (unpaired) electrons. The molecule has 136 valence electrons. The van der Waals surface area contributed by atoms with Crippen LogP contribution in [0.5, 0.6) is 0 Å². The highest BCUT2D eigenvalue weighted by Crippen LogP contribution is 2.28. The molecule has 0 aromatic heterocycles. The molecule has 0 bridgehead atoms. The summed E-state index contributed by atoms with van der Waals surface area (Å²) < 4.78 is 13.3. The molecule has 7 heteroatoms. The SMILES string of the molecule is O=C(NCc1cccc(F)c1)c1cc([N+](=O)[O-])ccc1N1CCCCC1. The van der Waals surface area contributed by atoms with Gasteiger partial charge in [-0.05, 0) is 43.0 Å². The van der Waals surface area contributed by atoms with E-state index in [1.807, 2.05) is 0 Å². The van der Waals surface area contributed by atoms with Crippen LogP contribution in [0.3, 0.4) is 0 Å². The van der Waals surface area contributed by atoms with Crippen LogP contribution in [0.4, 0.5) is 15.8 Å². The third-order valence-electron chi connectivity index (χ3n) is 4.47. The van der Waals surface area contributed by atoms with Crippen molar-refractivity contribution in [1.82, 2.24) is 5.32 Å². The van der Waals surface area contributed by atoms with Gasteiger partial charge in [0.05, 0.1) is 16.2 Å². The zero-order valence-corrected chi connectivity index (χ0v) is 14.3. The van der Waals surface area contributed by atoms with Crippen molar-refractivity contribution in [3.8, 4) is 0 Å². The number of halogens is 1. The molecule has 1 aliphatic heterocycles. The summed E-state index contributed by atoms with van der Waals surface area (Å²) in [6, 6.07) is 10.3. The Morgan fingerprint density at radius 1 is 1.15 bits per heavy atom. The highest BCUT2D eigenvalue weighted by Gasteiger charge is 2.21. The van der Waals surface area contributed by atoms with Crippen LogP contribution < -0.4 is 10.2 Å². The van der Waals surface area contributed by atoms with Crippen molar-refractivity contribution in [2.75, 3.05) is 18.0 Å². The average Bonchev–Trinajstić information content (AvgIpc) is 2.66. The second-order valence-electron chi connectivity index (χ2n) is 6.32. The smallest absolute Gasteiger partial charge is 0.270 e. The largest absolute Gasteiger partial charge is 0.371 e. The van der Waals surface area contributed by atoms with E-state index in [1.165, 1.54) is 24.3 Å². The van der Waals surface area contributed by atoms with Gasteiger partial charge in [0.1, 0.15) is 5.82 Å². The van der Waals surface area contributed by atoms with Crippen LogP contribution in [0.1, 0.15) is 35.2 Å². The average molecular weight is 357 g/mol. The summed E-state index contributed by atoms with van der Waals surface area (Å²) in [4.78, 5) is 25.4. The van der Waals surface area contributed by atoms with Crippen LogP contribution in [0.15, 0.2) is 42.5 Å². The molecule has 0 saturated carbocycles. The van der Waals surface area contributed by atoms with Gasteiger partial charge in [-0.25, -0.2) is 4.39 Å². The van der Waals surface area contributed by atoms with Crippen LogP contribution in [-0.2, 0) is 6.54 Å². The molecule has 1 aliphatic rings. The third kappa shape index (κ3) is 4.17. The highest BCUT2D eigenvalue weighted by molar-refractivity contribution is 6.00. The Labute approximate surface area is 150 Å². The number of nitrogens with one attached hydrogen (secondary N) is 1. The Kier molecular flexibility index (Phi) is 5.46. The summed E-state index contributed by atoms with van der Waals surface area (Å²) in [5.41, 5.74) is 1.48. The predicted octanol–water partition coefficient (Wildman–Crippen LogP) is 3.65. The van der Waals surface area contributed by atoms with Crippen LogP contribution >= 0.6 is 0 Å². The lowest BCUT2D eigenvalue weighted by Crippen LogP contribution is -2.32. The number of nitrogens with zero attached hydrogens (tertiary/aromatic N) is 2. The fourth-order valence-corrected chi connectivity index (χ4v) is 3.15. The standard InChI is InChI=1S/C19H20FN3O3/c20-15-6-4-5-14(11-15)13-21-19(24)17-12-16(23(25)26)7-8-18(17)22-9-2-1-3-10-22/h4-8,11-12H,1-3,9-10,13H2,(H,21,24). The quantitative estimate of drug-likeness (QED) is 0.655. The van der Waals surface area contributed by atoms with Gasteiger partial charge in [-0.3, -0.25) is 14.9 Å². The van der Waals surface area contributed by atoms with Gasteiger partial charge in [0.25, 0.3) is 11.6 Å². The third-order valence-corrected chi connectivity index (χ3v) is 4.47. The zero-order valence-electron chi connectivity index (χ0n) is 14.3. The van der Waals surface area contributed by atoms with Gasteiger partial charge in [-0.15, -0.1) is 0 Å². The van der Waals surface area contributed by atoms with Crippen LogP contribution in [-0.4, -0.2) is 23.9 Å². The number of rotatable bonds is 5. The van der Waals surface area contributed by atoms with Gasteiger partial charge < -0.3 is 10.2 Å². The van der Waals surface area contributed by atoms with Gasteiger partial charge in [0, 0.05) is 31.8 Å². The molecule has 1 N–H and O–H groups in total. The second-order valence-corrected chi connectivity index (χ2v) is 6.32. The van der Waals surface area contributed by atoms with E-state index < -0.39 is 10.8 Å². The minimum Gasteiger partial charge on any atom is -0.371 e. The van der Waals surface area contributed by atoms with E-state index in [0.717, 1.165) is 32.4 Å². The van der Waals surface area contributed by atoms with E-state index in [-0.39, 0.29) is 23.6 Å². The second kappa shape index (κ2) is 7.95. The van der Waals surface area contributed by atoms with E-state index in [1.54, 1.807) is 18.2 Å². The maximum Gasteiger partial charge on any atom is 0.270 e. The predicted molar refractivity (Wildman–Crippen MR) is 96.7 cm³/mol. The summed E-state index contributed by atoms with van der Waals surface area (Å²) in [5, 5.41) is 13.8. The monoisotopic (exact) mass is 357 g/mol. The lowest BCUT2D eigenvalue weighted by Gasteiger charge is -2.30. The number of nitro groups is 1. The molecule has 0 spiro atoms. The molecule has 0 atom stereocenters. The molecule has 0 aliphatic carbocycles. The maximum absolute atomic E-state index is 13.3. The van der Waals surface area contributed by atoms with Gasteiger partial charge in [-0.2, -0.15) is 0 Å². The van der Waals surface area contributed by atoms with Gasteiger partial charge in [0.15, 0.2) is 0 Å². The number of anilines is 1. The number of hydrogen-bond acceptors (Lipinski definition) is 4. The summed E-state index contributed by atoms with van der Waals surface area (Å²) in [6.45, 7) is 1.79. The maximum atomic E-state index is 13.3. The number of nitro benzene ring substituents is 1. The van der Waals surface area contributed by atoms with Crippen molar-refractivity contribution >= 4 is 17.3 Å². The molecule has 6 nitrogen and oxygen atoms in total. The van der Waals surface area contributed by atoms with Gasteiger partial charge in [-0.1, -0.05) is 12.1 Å². The van der Waals surface area contributed by atoms with Crippen molar-refractivity contribution in [1.29, 1.82) is 0 Å². The van der Waals surface area contributed by atoms with E-state index in [0.29, 0.717) is 11.3 Å². The first-order chi connectivity index (χ1) is 12.5. The molecule has 2 aromatic rings.